The van der Waals surface area contributed by atoms with Gasteiger partial charge in [-0.1, -0.05) is 25.1 Å². The Morgan fingerprint density at radius 2 is 2.00 bits per heavy atom. The molecule has 2 heteroatoms. The van der Waals surface area contributed by atoms with Gasteiger partial charge in [-0.3, -0.25) is 0 Å². The predicted octanol–water partition coefficient (Wildman–Crippen LogP) is 2.46. The minimum Gasteiger partial charge on any atom is -0.459 e. The molecule has 0 heterocycles. The standard InChI is InChI=1S/C11H13O2/c1-3-9(2)13-11(12)10-7-5-4-6-8-10/h3-9H,1-2H3. The molecule has 69 valence electrons. The summed E-state index contributed by atoms with van der Waals surface area (Å²) in [4.78, 5) is 11.4. The fourth-order valence-electron chi connectivity index (χ4n) is 0.879. The lowest BCUT2D eigenvalue weighted by atomic mass is 10.2. The van der Waals surface area contributed by atoms with Crippen molar-refractivity contribution in [1.29, 1.82) is 0 Å². The average Bonchev–Trinajstić information content (AvgIpc) is 2.19. The Hall–Kier alpha value is -1.31. The van der Waals surface area contributed by atoms with Crippen LogP contribution in [-0.2, 0) is 4.74 Å². The summed E-state index contributed by atoms with van der Waals surface area (Å²) < 4.78 is 5.09. The van der Waals surface area contributed by atoms with Gasteiger partial charge >= 0.3 is 5.97 Å². The molecule has 0 amide bonds. The monoisotopic (exact) mass is 177 g/mol. The number of hydrogen-bond acceptors (Lipinski definition) is 2. The average molecular weight is 177 g/mol. The number of ether oxygens (including phenoxy) is 1. The van der Waals surface area contributed by atoms with Gasteiger partial charge in [-0.2, -0.15) is 0 Å². The molecule has 0 aromatic heterocycles. The van der Waals surface area contributed by atoms with Crippen LogP contribution in [0, 0.1) is 6.42 Å². The fraction of sp³-hybridized carbons (Fsp3) is 0.273. The van der Waals surface area contributed by atoms with Crippen LogP contribution in [0.3, 0.4) is 0 Å². The Morgan fingerprint density at radius 1 is 1.38 bits per heavy atom. The van der Waals surface area contributed by atoms with Gasteiger partial charge in [-0.25, -0.2) is 4.79 Å². The van der Waals surface area contributed by atoms with Crippen molar-refractivity contribution in [3.05, 3.63) is 42.3 Å². The Labute approximate surface area is 78.5 Å². The van der Waals surface area contributed by atoms with E-state index in [-0.39, 0.29) is 12.1 Å². The third-order valence-electron chi connectivity index (χ3n) is 1.77. The van der Waals surface area contributed by atoms with E-state index in [0.29, 0.717) is 5.56 Å². The summed E-state index contributed by atoms with van der Waals surface area (Å²) in [7, 11) is 0. The van der Waals surface area contributed by atoms with Gasteiger partial charge in [-0.05, 0) is 25.5 Å². The minimum absolute atomic E-state index is 0.132. The smallest absolute Gasteiger partial charge is 0.338 e. The molecule has 0 aliphatic heterocycles. The summed E-state index contributed by atoms with van der Waals surface area (Å²) in [6.45, 7) is 3.70. The van der Waals surface area contributed by atoms with Crippen molar-refractivity contribution in [2.45, 2.75) is 20.0 Å². The van der Waals surface area contributed by atoms with Crippen molar-refractivity contribution in [3.8, 4) is 0 Å². The molecule has 0 N–H and O–H groups in total. The molecule has 0 fully saturated rings. The van der Waals surface area contributed by atoms with E-state index in [1.165, 1.54) is 0 Å². The van der Waals surface area contributed by atoms with Gasteiger partial charge in [-0.15, -0.1) is 0 Å². The van der Waals surface area contributed by atoms with E-state index < -0.39 is 0 Å². The molecule has 1 unspecified atom stereocenters. The highest BCUT2D eigenvalue weighted by atomic mass is 16.5. The second-order valence-electron chi connectivity index (χ2n) is 2.81. The SMILES string of the molecule is C[CH]C(C)OC(=O)c1ccccc1. The summed E-state index contributed by atoms with van der Waals surface area (Å²) >= 11 is 0. The van der Waals surface area contributed by atoms with Gasteiger partial charge in [0.05, 0.1) is 5.56 Å². The van der Waals surface area contributed by atoms with Crippen molar-refractivity contribution in [1.82, 2.24) is 0 Å². The van der Waals surface area contributed by atoms with E-state index in [0.717, 1.165) is 0 Å². The second kappa shape index (κ2) is 4.65. The number of benzene rings is 1. The second-order valence-corrected chi connectivity index (χ2v) is 2.81. The van der Waals surface area contributed by atoms with Crippen LogP contribution >= 0.6 is 0 Å². The third-order valence-corrected chi connectivity index (χ3v) is 1.77. The van der Waals surface area contributed by atoms with Crippen molar-refractivity contribution in [2.75, 3.05) is 0 Å². The molecule has 0 bridgehead atoms. The van der Waals surface area contributed by atoms with Crippen molar-refractivity contribution in [3.63, 3.8) is 0 Å². The Bertz CT molecular complexity index is 267. The highest BCUT2D eigenvalue weighted by Gasteiger charge is 2.09. The summed E-state index contributed by atoms with van der Waals surface area (Å²) in [5.41, 5.74) is 0.594. The topological polar surface area (TPSA) is 26.3 Å². The largest absolute Gasteiger partial charge is 0.459 e. The lowest BCUT2D eigenvalue weighted by molar-refractivity contribution is 0.0400. The molecular weight excluding hydrogens is 164 g/mol. The molecule has 13 heavy (non-hydrogen) atoms. The number of carbonyl (C=O) groups is 1. The van der Waals surface area contributed by atoms with Crippen molar-refractivity contribution >= 4 is 5.97 Å². The van der Waals surface area contributed by atoms with Crippen LogP contribution in [0.5, 0.6) is 0 Å². The minimum atomic E-state index is -0.272. The van der Waals surface area contributed by atoms with Crippen LogP contribution < -0.4 is 0 Å². The first-order valence-electron chi connectivity index (χ1n) is 4.29. The fourth-order valence-corrected chi connectivity index (χ4v) is 0.879. The molecule has 1 aromatic rings. The molecule has 1 aromatic carbocycles. The number of esters is 1. The summed E-state index contributed by atoms with van der Waals surface area (Å²) in [6, 6.07) is 8.98. The van der Waals surface area contributed by atoms with Gasteiger partial charge in [0.15, 0.2) is 0 Å². The molecule has 1 atom stereocenters. The zero-order valence-electron chi connectivity index (χ0n) is 7.86. The Morgan fingerprint density at radius 3 is 2.54 bits per heavy atom. The maximum atomic E-state index is 11.4. The molecule has 0 saturated carbocycles. The summed E-state index contributed by atoms with van der Waals surface area (Å²) in [6.07, 6.45) is 1.70. The first-order valence-corrected chi connectivity index (χ1v) is 4.29. The van der Waals surface area contributed by atoms with Gasteiger partial charge in [0.2, 0.25) is 0 Å². The quantitative estimate of drug-likeness (QED) is 0.663. The maximum absolute atomic E-state index is 11.4. The molecule has 0 aliphatic carbocycles. The van der Waals surface area contributed by atoms with Crippen molar-refractivity contribution in [2.24, 2.45) is 0 Å². The van der Waals surface area contributed by atoms with Gasteiger partial charge in [0.25, 0.3) is 0 Å². The summed E-state index contributed by atoms with van der Waals surface area (Å²) in [5.74, 6) is -0.272. The molecule has 0 saturated heterocycles. The lowest BCUT2D eigenvalue weighted by Crippen LogP contribution is -2.14. The predicted molar refractivity (Wildman–Crippen MR) is 51.3 cm³/mol. The molecular formula is C11H13O2. The molecule has 1 radical (unpaired) electrons. The van der Waals surface area contributed by atoms with Gasteiger partial charge < -0.3 is 4.74 Å². The van der Waals surface area contributed by atoms with Crippen LogP contribution in [0.4, 0.5) is 0 Å². The van der Waals surface area contributed by atoms with Gasteiger partial charge in [0, 0.05) is 0 Å². The normalized spacial score (nSPS) is 12.2. The zero-order valence-corrected chi connectivity index (χ0v) is 7.86. The number of rotatable bonds is 3. The van der Waals surface area contributed by atoms with Crippen LogP contribution in [0.25, 0.3) is 0 Å². The lowest BCUT2D eigenvalue weighted by Gasteiger charge is -2.09. The molecule has 0 aliphatic rings. The Kier molecular flexibility index (Phi) is 3.50. The Balaban J connectivity index is 2.59. The molecule has 0 spiro atoms. The third kappa shape index (κ3) is 2.90. The van der Waals surface area contributed by atoms with E-state index in [1.807, 2.05) is 38.5 Å². The summed E-state index contributed by atoms with van der Waals surface area (Å²) in [5, 5.41) is 0. The van der Waals surface area contributed by atoms with Gasteiger partial charge in [0.1, 0.15) is 6.10 Å². The molecule has 2 nitrogen and oxygen atoms in total. The van der Waals surface area contributed by atoms with E-state index in [4.69, 9.17) is 4.74 Å². The van der Waals surface area contributed by atoms with Crippen molar-refractivity contribution < 1.29 is 9.53 Å². The van der Waals surface area contributed by atoms with E-state index in [2.05, 4.69) is 0 Å². The first kappa shape index (κ1) is 9.78. The van der Waals surface area contributed by atoms with E-state index in [1.54, 1.807) is 12.1 Å². The zero-order chi connectivity index (χ0) is 9.68. The maximum Gasteiger partial charge on any atom is 0.338 e. The molecule has 1 rings (SSSR count). The van der Waals surface area contributed by atoms with Crippen LogP contribution in [0.15, 0.2) is 30.3 Å². The highest BCUT2D eigenvalue weighted by Crippen LogP contribution is 2.04. The highest BCUT2D eigenvalue weighted by molar-refractivity contribution is 5.89. The van der Waals surface area contributed by atoms with Crippen LogP contribution in [0.1, 0.15) is 24.2 Å². The van der Waals surface area contributed by atoms with Crippen LogP contribution in [0.2, 0.25) is 0 Å². The van der Waals surface area contributed by atoms with E-state index in [9.17, 15) is 4.79 Å². The van der Waals surface area contributed by atoms with Crippen LogP contribution in [-0.4, -0.2) is 12.1 Å². The van der Waals surface area contributed by atoms with E-state index >= 15 is 0 Å². The first-order chi connectivity index (χ1) is 6.24. The number of hydrogen-bond donors (Lipinski definition) is 0. The number of carbonyl (C=O) groups excluding carboxylic acids is 1.